The normalized spacial score (nSPS) is 11.1. The van der Waals surface area contributed by atoms with Crippen molar-refractivity contribution in [3.63, 3.8) is 0 Å². The molecule has 0 bridgehead atoms. The predicted octanol–water partition coefficient (Wildman–Crippen LogP) is 5.25. The van der Waals surface area contributed by atoms with Gasteiger partial charge < -0.3 is 15.0 Å². The van der Waals surface area contributed by atoms with Gasteiger partial charge in [0, 0.05) is 28.6 Å². The second-order valence-corrected chi connectivity index (χ2v) is 7.59. The molecule has 0 fully saturated rings. The molecule has 3 aromatic carbocycles. The van der Waals surface area contributed by atoms with E-state index in [9.17, 15) is 14.3 Å². The summed E-state index contributed by atoms with van der Waals surface area (Å²) in [5.74, 6) is -1.34. The van der Waals surface area contributed by atoms with Gasteiger partial charge in [-0.25, -0.2) is 9.18 Å². The van der Waals surface area contributed by atoms with Crippen molar-refractivity contribution in [2.24, 2.45) is 0 Å². The molecule has 5 heteroatoms. The fraction of sp³-hybridized carbons (Fsp3) is 0.192. The second-order valence-electron chi connectivity index (χ2n) is 7.59. The minimum atomic E-state index is -1.01. The zero-order valence-electron chi connectivity index (χ0n) is 17.2. The van der Waals surface area contributed by atoms with E-state index in [0.29, 0.717) is 12.1 Å². The number of fused-ring (bicyclic) bond motifs is 1. The van der Waals surface area contributed by atoms with Gasteiger partial charge in [-0.1, -0.05) is 66.7 Å². The molecule has 0 spiro atoms. The lowest BCUT2D eigenvalue weighted by Crippen LogP contribution is -2.19. The molecule has 2 N–H and O–H groups in total. The molecular weight excluding hydrogens is 391 g/mol. The number of halogens is 1. The Hall–Kier alpha value is -3.44. The zero-order valence-corrected chi connectivity index (χ0v) is 17.2. The van der Waals surface area contributed by atoms with Gasteiger partial charge in [0.2, 0.25) is 0 Å². The Morgan fingerprint density at radius 1 is 0.935 bits per heavy atom. The molecule has 0 saturated heterocycles. The van der Waals surface area contributed by atoms with E-state index in [-0.39, 0.29) is 18.1 Å². The fourth-order valence-electron chi connectivity index (χ4n) is 4.04. The number of nitrogens with zero attached hydrogens (tertiary/aromatic N) is 1. The number of hydrogen-bond donors (Lipinski definition) is 2. The summed E-state index contributed by atoms with van der Waals surface area (Å²) in [6.07, 6.45) is 1.93. The third-order valence-corrected chi connectivity index (χ3v) is 5.53. The average Bonchev–Trinajstić information content (AvgIpc) is 3.09. The number of aryl methyl sites for hydroxylation is 1. The Morgan fingerprint density at radius 3 is 2.42 bits per heavy atom. The van der Waals surface area contributed by atoms with E-state index in [1.165, 1.54) is 11.6 Å². The van der Waals surface area contributed by atoms with Crippen molar-refractivity contribution in [2.75, 3.05) is 6.54 Å². The number of hydrogen-bond acceptors (Lipinski definition) is 2. The molecule has 1 heterocycles. The van der Waals surface area contributed by atoms with E-state index in [1.54, 1.807) is 22.8 Å². The van der Waals surface area contributed by atoms with E-state index in [2.05, 4.69) is 17.4 Å². The lowest BCUT2D eigenvalue weighted by atomic mass is 10.1. The summed E-state index contributed by atoms with van der Waals surface area (Å²) >= 11 is 0. The SMILES string of the molecule is O=C(O)c1c(CNCCCc2ccccc2)c2ccccc2n1Cc1ccccc1F. The first-order chi connectivity index (χ1) is 15.1. The molecule has 4 aromatic rings. The summed E-state index contributed by atoms with van der Waals surface area (Å²) in [6.45, 7) is 1.39. The third kappa shape index (κ3) is 4.67. The summed E-state index contributed by atoms with van der Waals surface area (Å²) in [7, 11) is 0. The molecule has 31 heavy (non-hydrogen) atoms. The van der Waals surface area contributed by atoms with Crippen LogP contribution >= 0.6 is 0 Å². The van der Waals surface area contributed by atoms with Crippen LogP contribution in [0.25, 0.3) is 10.9 Å². The van der Waals surface area contributed by atoms with E-state index < -0.39 is 5.97 Å². The van der Waals surface area contributed by atoms with Gasteiger partial charge in [0.1, 0.15) is 11.5 Å². The van der Waals surface area contributed by atoms with Gasteiger partial charge in [-0.3, -0.25) is 0 Å². The second kappa shape index (κ2) is 9.58. The van der Waals surface area contributed by atoms with Gasteiger partial charge in [-0.05, 0) is 37.1 Å². The Bertz CT molecular complexity index is 1180. The van der Waals surface area contributed by atoms with Gasteiger partial charge in [0.05, 0.1) is 6.54 Å². The number of carbonyl (C=O) groups is 1. The quantitative estimate of drug-likeness (QED) is 0.367. The smallest absolute Gasteiger partial charge is 0.352 e. The van der Waals surface area contributed by atoms with Crippen LogP contribution in [0.4, 0.5) is 4.39 Å². The van der Waals surface area contributed by atoms with Crippen LogP contribution in [0.3, 0.4) is 0 Å². The fourth-order valence-corrected chi connectivity index (χ4v) is 4.04. The van der Waals surface area contributed by atoms with Crippen molar-refractivity contribution in [1.29, 1.82) is 0 Å². The molecule has 0 saturated carbocycles. The van der Waals surface area contributed by atoms with Gasteiger partial charge in [0.15, 0.2) is 0 Å². The van der Waals surface area contributed by atoms with Crippen LogP contribution in [0, 0.1) is 5.82 Å². The average molecular weight is 416 g/mol. The van der Waals surface area contributed by atoms with Gasteiger partial charge in [-0.15, -0.1) is 0 Å². The molecule has 4 nitrogen and oxygen atoms in total. The minimum Gasteiger partial charge on any atom is -0.477 e. The summed E-state index contributed by atoms with van der Waals surface area (Å²) in [5.41, 5.74) is 3.49. The first-order valence-electron chi connectivity index (χ1n) is 10.5. The standard InChI is InChI=1S/C26H25FN2O2/c27-23-14-6-4-12-20(23)18-29-24-15-7-5-13-21(24)22(25(29)26(30)31)17-28-16-8-11-19-9-2-1-3-10-19/h1-7,9-10,12-15,28H,8,11,16-18H2,(H,30,31). The maximum atomic E-state index is 14.3. The predicted molar refractivity (Wildman–Crippen MR) is 121 cm³/mol. The van der Waals surface area contributed by atoms with Crippen LogP contribution in [0.1, 0.15) is 33.6 Å². The van der Waals surface area contributed by atoms with E-state index in [1.807, 2.05) is 42.5 Å². The molecule has 1 aromatic heterocycles. The first-order valence-corrected chi connectivity index (χ1v) is 10.5. The maximum Gasteiger partial charge on any atom is 0.352 e. The van der Waals surface area contributed by atoms with Crippen LogP contribution in [0.5, 0.6) is 0 Å². The van der Waals surface area contributed by atoms with Crippen LogP contribution in [0.15, 0.2) is 78.9 Å². The molecule has 0 aliphatic carbocycles. The zero-order chi connectivity index (χ0) is 21.6. The molecule has 0 radical (unpaired) electrons. The highest BCUT2D eigenvalue weighted by molar-refractivity contribution is 5.98. The van der Waals surface area contributed by atoms with Crippen LogP contribution in [-0.4, -0.2) is 22.2 Å². The lowest BCUT2D eigenvalue weighted by molar-refractivity contribution is 0.0684. The summed E-state index contributed by atoms with van der Waals surface area (Å²) in [6, 6.07) is 24.4. The third-order valence-electron chi connectivity index (χ3n) is 5.53. The van der Waals surface area contributed by atoms with Crippen molar-refractivity contribution in [3.05, 3.63) is 107 Å². The number of carboxylic acids is 1. The van der Waals surface area contributed by atoms with Gasteiger partial charge >= 0.3 is 5.97 Å². The Balaban J connectivity index is 1.57. The number of aromatic nitrogens is 1. The largest absolute Gasteiger partial charge is 0.477 e. The number of para-hydroxylation sites is 1. The number of nitrogens with one attached hydrogen (secondary N) is 1. The summed E-state index contributed by atoms with van der Waals surface area (Å²) in [4.78, 5) is 12.2. The molecule has 0 aliphatic heterocycles. The van der Waals surface area contributed by atoms with Crippen molar-refractivity contribution in [2.45, 2.75) is 25.9 Å². The monoisotopic (exact) mass is 416 g/mol. The molecule has 158 valence electrons. The van der Waals surface area contributed by atoms with Crippen LogP contribution in [0.2, 0.25) is 0 Å². The van der Waals surface area contributed by atoms with Crippen molar-refractivity contribution >= 4 is 16.9 Å². The molecule has 0 amide bonds. The van der Waals surface area contributed by atoms with Gasteiger partial charge in [0.25, 0.3) is 0 Å². The molecule has 0 aliphatic rings. The Morgan fingerprint density at radius 2 is 1.65 bits per heavy atom. The van der Waals surface area contributed by atoms with E-state index in [4.69, 9.17) is 0 Å². The Labute approximate surface area is 181 Å². The van der Waals surface area contributed by atoms with Crippen molar-refractivity contribution in [3.8, 4) is 0 Å². The van der Waals surface area contributed by atoms with Crippen LogP contribution in [-0.2, 0) is 19.5 Å². The van der Waals surface area contributed by atoms with Crippen molar-refractivity contribution in [1.82, 2.24) is 9.88 Å². The summed E-state index contributed by atoms with van der Waals surface area (Å²) < 4.78 is 16.0. The lowest BCUT2D eigenvalue weighted by Gasteiger charge is -2.11. The van der Waals surface area contributed by atoms with Gasteiger partial charge in [-0.2, -0.15) is 0 Å². The molecule has 0 atom stereocenters. The van der Waals surface area contributed by atoms with Crippen LogP contribution < -0.4 is 5.32 Å². The number of aromatic carboxylic acids is 1. The van der Waals surface area contributed by atoms with E-state index >= 15 is 0 Å². The Kier molecular flexibility index (Phi) is 6.43. The molecule has 4 rings (SSSR count). The highest BCUT2D eigenvalue weighted by atomic mass is 19.1. The molecule has 0 unspecified atom stereocenters. The summed E-state index contributed by atoms with van der Waals surface area (Å²) in [5, 5.41) is 14.3. The highest BCUT2D eigenvalue weighted by Crippen LogP contribution is 2.28. The topological polar surface area (TPSA) is 54.3 Å². The minimum absolute atomic E-state index is 0.169. The number of benzene rings is 3. The van der Waals surface area contributed by atoms with Crippen molar-refractivity contribution < 1.29 is 14.3 Å². The van der Waals surface area contributed by atoms with E-state index in [0.717, 1.165) is 35.9 Å². The maximum absolute atomic E-state index is 14.3. The molecular formula is C26H25FN2O2. The first kappa shape index (κ1) is 20.8. The highest BCUT2D eigenvalue weighted by Gasteiger charge is 2.22. The number of rotatable bonds is 9. The number of carboxylic acid groups (broad SMARTS) is 1.